The average molecular weight is 399 g/mol. The molecule has 2 aromatic carbocycles. The first-order valence-corrected chi connectivity index (χ1v) is 10.6. The first-order valence-electron chi connectivity index (χ1n) is 8.05. The quantitative estimate of drug-likeness (QED) is 0.506. The lowest BCUT2D eigenvalue weighted by Crippen LogP contribution is -2.21. The van der Waals surface area contributed by atoms with Crippen molar-refractivity contribution in [2.45, 2.75) is 6.92 Å². The molecule has 0 bridgehead atoms. The highest BCUT2D eigenvalue weighted by Crippen LogP contribution is 2.43. The third kappa shape index (κ3) is 3.55. The van der Waals surface area contributed by atoms with Crippen LogP contribution in [0.3, 0.4) is 0 Å². The molecule has 0 saturated heterocycles. The molecule has 0 amide bonds. The van der Waals surface area contributed by atoms with Crippen molar-refractivity contribution in [1.82, 2.24) is 4.98 Å². The predicted octanol–water partition coefficient (Wildman–Crippen LogP) is 4.31. The Morgan fingerprint density at radius 3 is 2.70 bits per heavy atom. The van der Waals surface area contributed by atoms with E-state index >= 15 is 0 Å². The van der Waals surface area contributed by atoms with E-state index in [0.717, 1.165) is 11.1 Å². The van der Waals surface area contributed by atoms with Crippen molar-refractivity contribution in [3.8, 4) is 6.07 Å². The van der Waals surface area contributed by atoms with Crippen LogP contribution in [0, 0.1) is 18.3 Å². The summed E-state index contributed by atoms with van der Waals surface area (Å²) in [4.78, 5) is 14.6. The van der Waals surface area contributed by atoms with Crippen molar-refractivity contribution < 1.29 is 14.5 Å². The van der Waals surface area contributed by atoms with Gasteiger partial charge in [-0.2, -0.15) is 5.26 Å². The third-order valence-electron chi connectivity index (χ3n) is 4.30. The van der Waals surface area contributed by atoms with E-state index in [4.69, 9.17) is 16.9 Å². The van der Waals surface area contributed by atoms with Crippen LogP contribution in [0.25, 0.3) is 17.0 Å². The van der Waals surface area contributed by atoms with Gasteiger partial charge in [0.2, 0.25) is 0 Å². The van der Waals surface area contributed by atoms with Gasteiger partial charge < -0.3 is 14.7 Å². The van der Waals surface area contributed by atoms with Crippen LogP contribution in [0.15, 0.2) is 42.5 Å². The van der Waals surface area contributed by atoms with Crippen molar-refractivity contribution in [1.29, 1.82) is 5.26 Å². The molecule has 0 spiro atoms. The minimum Gasteiger partial charge on any atom is -0.477 e. The standard InChI is InChI=1S/C20H16ClN2O3P/c1-12-8-13(4-3-7-22)10-15(9-12)27(2,26)19-16-11-14(21)5-6-17(16)23-18(19)20(24)25/h3-6,8-11,23H,1-2H3,(H,24,25)/b4-3+. The second kappa shape index (κ2) is 7.08. The number of carbonyl (C=O) groups is 1. The Morgan fingerprint density at radius 1 is 1.30 bits per heavy atom. The molecule has 5 nitrogen and oxygen atoms in total. The number of hydrogen-bond acceptors (Lipinski definition) is 3. The van der Waals surface area contributed by atoms with E-state index in [1.54, 1.807) is 43.1 Å². The third-order valence-corrected chi connectivity index (χ3v) is 7.10. The number of nitriles is 1. The summed E-state index contributed by atoms with van der Waals surface area (Å²) < 4.78 is 13.9. The number of fused-ring (bicyclic) bond motifs is 1. The molecule has 1 unspecified atom stereocenters. The predicted molar refractivity (Wildman–Crippen MR) is 109 cm³/mol. The molecule has 7 heteroatoms. The van der Waals surface area contributed by atoms with Crippen LogP contribution in [0.2, 0.25) is 5.02 Å². The molecule has 0 aliphatic carbocycles. The van der Waals surface area contributed by atoms with Crippen molar-refractivity contribution in [3.05, 3.63) is 64.3 Å². The van der Waals surface area contributed by atoms with E-state index in [0.29, 0.717) is 21.2 Å². The number of nitrogens with zero attached hydrogens (tertiary/aromatic N) is 1. The topological polar surface area (TPSA) is 93.9 Å². The highest BCUT2D eigenvalue weighted by molar-refractivity contribution is 7.78. The molecule has 3 aromatic rings. The Morgan fingerprint density at radius 2 is 2.04 bits per heavy atom. The zero-order valence-corrected chi connectivity index (χ0v) is 16.3. The molecule has 2 N–H and O–H groups in total. The van der Waals surface area contributed by atoms with Gasteiger partial charge in [0, 0.05) is 27.3 Å². The molecule has 1 atom stereocenters. The molecule has 0 radical (unpaired) electrons. The second-order valence-corrected chi connectivity index (χ2v) is 9.58. The lowest BCUT2D eigenvalue weighted by atomic mass is 10.1. The molecule has 0 saturated carbocycles. The SMILES string of the molecule is Cc1cc(/C=C/C#N)cc(P(C)(=O)c2c(C(=O)O)[nH]c3ccc(Cl)cc23)c1. The number of rotatable bonds is 4. The minimum absolute atomic E-state index is 0.103. The number of aromatic carboxylic acids is 1. The van der Waals surface area contributed by atoms with Gasteiger partial charge in [0.05, 0.1) is 11.4 Å². The Balaban J connectivity index is 2.31. The number of H-pyrrole nitrogens is 1. The second-order valence-electron chi connectivity index (χ2n) is 6.33. The highest BCUT2D eigenvalue weighted by atomic mass is 35.5. The lowest BCUT2D eigenvalue weighted by molar-refractivity contribution is 0.0693. The number of hydrogen-bond donors (Lipinski definition) is 2. The van der Waals surface area contributed by atoms with E-state index in [1.807, 2.05) is 19.1 Å². The molecule has 0 fully saturated rings. The number of aromatic nitrogens is 1. The molecular weight excluding hydrogens is 383 g/mol. The number of nitrogens with one attached hydrogen (secondary N) is 1. The summed E-state index contributed by atoms with van der Waals surface area (Å²) >= 11 is 6.09. The Kier molecular flexibility index (Phi) is 4.97. The molecule has 0 aliphatic rings. The Labute approximate surface area is 161 Å². The van der Waals surface area contributed by atoms with Gasteiger partial charge in [-0.1, -0.05) is 17.7 Å². The van der Waals surface area contributed by atoms with Crippen molar-refractivity contribution in [2.75, 3.05) is 6.66 Å². The summed E-state index contributed by atoms with van der Waals surface area (Å²) in [7, 11) is -3.28. The molecule has 136 valence electrons. The summed E-state index contributed by atoms with van der Waals surface area (Å²) in [6.07, 6.45) is 2.97. The fourth-order valence-corrected chi connectivity index (χ4v) is 5.64. The fourth-order valence-electron chi connectivity index (χ4n) is 3.14. The van der Waals surface area contributed by atoms with Crippen molar-refractivity contribution in [2.24, 2.45) is 0 Å². The van der Waals surface area contributed by atoms with Crippen LogP contribution in [-0.4, -0.2) is 22.7 Å². The maximum atomic E-state index is 13.9. The fraction of sp³-hybridized carbons (Fsp3) is 0.100. The van der Waals surface area contributed by atoms with Crippen LogP contribution in [0.4, 0.5) is 0 Å². The highest BCUT2D eigenvalue weighted by Gasteiger charge is 2.31. The van der Waals surface area contributed by atoms with E-state index in [-0.39, 0.29) is 11.0 Å². The van der Waals surface area contributed by atoms with Gasteiger partial charge in [-0.15, -0.1) is 0 Å². The summed E-state index contributed by atoms with van der Waals surface area (Å²) in [5.41, 5.74) is 2.05. The maximum Gasteiger partial charge on any atom is 0.353 e. The van der Waals surface area contributed by atoms with E-state index in [9.17, 15) is 14.5 Å². The minimum atomic E-state index is -3.28. The van der Waals surface area contributed by atoms with Gasteiger partial charge in [-0.3, -0.25) is 0 Å². The van der Waals surface area contributed by atoms with Gasteiger partial charge in [-0.25, -0.2) is 4.79 Å². The largest absolute Gasteiger partial charge is 0.477 e. The van der Waals surface area contributed by atoms with E-state index in [1.165, 1.54) is 6.08 Å². The zero-order valence-electron chi connectivity index (χ0n) is 14.7. The Bertz CT molecular complexity index is 1190. The average Bonchev–Trinajstić information content (AvgIpc) is 2.99. The smallest absolute Gasteiger partial charge is 0.353 e. The number of halogens is 1. The van der Waals surface area contributed by atoms with Crippen LogP contribution in [0.5, 0.6) is 0 Å². The van der Waals surface area contributed by atoms with Gasteiger partial charge >= 0.3 is 5.97 Å². The zero-order chi connectivity index (χ0) is 19.8. The van der Waals surface area contributed by atoms with Crippen LogP contribution in [-0.2, 0) is 4.57 Å². The number of aromatic amines is 1. The van der Waals surface area contributed by atoms with Gasteiger partial charge in [0.25, 0.3) is 0 Å². The number of aryl methyl sites for hydroxylation is 1. The Hall–Kier alpha value is -2.80. The number of allylic oxidation sites excluding steroid dienone is 1. The lowest BCUT2D eigenvalue weighted by Gasteiger charge is -2.16. The molecule has 1 heterocycles. The molecular formula is C20H16ClN2O3P. The molecule has 0 aliphatic heterocycles. The number of benzene rings is 2. The molecule has 3 rings (SSSR count). The van der Waals surface area contributed by atoms with Crippen molar-refractivity contribution in [3.63, 3.8) is 0 Å². The first-order chi connectivity index (χ1) is 12.7. The van der Waals surface area contributed by atoms with Gasteiger partial charge in [-0.05, 0) is 61.1 Å². The van der Waals surface area contributed by atoms with E-state index in [2.05, 4.69) is 4.98 Å². The summed E-state index contributed by atoms with van der Waals surface area (Å²) in [6, 6.07) is 12.2. The van der Waals surface area contributed by atoms with Gasteiger partial charge in [0.1, 0.15) is 12.8 Å². The molecule has 1 aromatic heterocycles. The monoisotopic (exact) mass is 398 g/mol. The van der Waals surface area contributed by atoms with Crippen molar-refractivity contribution >= 4 is 52.3 Å². The van der Waals surface area contributed by atoms with Crippen LogP contribution < -0.4 is 10.6 Å². The van der Waals surface area contributed by atoms with Crippen LogP contribution in [0.1, 0.15) is 21.6 Å². The maximum absolute atomic E-state index is 13.9. The first kappa shape index (κ1) is 19.0. The molecule has 27 heavy (non-hydrogen) atoms. The summed E-state index contributed by atoms with van der Waals surface area (Å²) in [5, 5.41) is 20.1. The number of carboxylic acids is 1. The number of carboxylic acid groups (broad SMARTS) is 1. The summed E-state index contributed by atoms with van der Waals surface area (Å²) in [6.45, 7) is 3.41. The van der Waals surface area contributed by atoms with Crippen LogP contribution >= 0.6 is 18.7 Å². The summed E-state index contributed by atoms with van der Waals surface area (Å²) in [5.74, 6) is -1.18. The van der Waals surface area contributed by atoms with E-state index < -0.39 is 13.1 Å². The normalized spacial score (nSPS) is 13.6. The van der Waals surface area contributed by atoms with Gasteiger partial charge in [0.15, 0.2) is 0 Å².